The van der Waals surface area contributed by atoms with Crippen molar-refractivity contribution in [1.82, 2.24) is 5.32 Å². The third kappa shape index (κ3) is 3.88. The molecule has 3 heteroatoms. The van der Waals surface area contributed by atoms with Crippen LogP contribution in [-0.2, 0) is 11.2 Å². The molecule has 1 aromatic carbocycles. The number of hydrogen-bond donors (Lipinski definition) is 1. The standard InChI is InChI=1S/C18H28BrNO/c1-5-18(4)16(12-17(18)21-6-2)20-13(3)11-14-7-9-15(19)10-8-14/h7-10,13,16-17,20H,5-6,11-12H2,1-4H3. The average Bonchev–Trinajstić information content (AvgIpc) is 2.47. The van der Waals surface area contributed by atoms with Crippen molar-refractivity contribution in [2.45, 2.75) is 65.1 Å². The Hall–Kier alpha value is -0.380. The largest absolute Gasteiger partial charge is 0.378 e. The normalized spacial score (nSPS) is 30.0. The van der Waals surface area contributed by atoms with Crippen LogP contribution in [0.5, 0.6) is 0 Å². The highest BCUT2D eigenvalue weighted by Gasteiger charge is 2.51. The summed E-state index contributed by atoms with van der Waals surface area (Å²) < 4.78 is 7.02. The zero-order valence-electron chi connectivity index (χ0n) is 13.7. The second kappa shape index (κ2) is 7.26. The van der Waals surface area contributed by atoms with Crippen LogP contribution >= 0.6 is 15.9 Å². The quantitative estimate of drug-likeness (QED) is 0.775. The lowest BCUT2D eigenvalue weighted by atomic mass is 9.61. The van der Waals surface area contributed by atoms with Crippen molar-refractivity contribution >= 4 is 15.9 Å². The molecule has 2 nitrogen and oxygen atoms in total. The summed E-state index contributed by atoms with van der Waals surface area (Å²) in [5.74, 6) is 0. The van der Waals surface area contributed by atoms with Gasteiger partial charge in [0.1, 0.15) is 0 Å². The van der Waals surface area contributed by atoms with Crippen LogP contribution in [0, 0.1) is 5.41 Å². The van der Waals surface area contributed by atoms with Gasteiger partial charge in [0.2, 0.25) is 0 Å². The second-order valence-electron chi connectivity index (χ2n) is 6.49. The lowest BCUT2D eigenvalue weighted by Crippen LogP contribution is -2.63. The Morgan fingerprint density at radius 2 is 2.00 bits per heavy atom. The van der Waals surface area contributed by atoms with Gasteiger partial charge in [0.05, 0.1) is 6.10 Å². The van der Waals surface area contributed by atoms with Gasteiger partial charge in [-0.15, -0.1) is 0 Å². The third-order valence-electron chi connectivity index (χ3n) is 5.05. The maximum Gasteiger partial charge on any atom is 0.0658 e. The van der Waals surface area contributed by atoms with Crippen molar-refractivity contribution in [2.24, 2.45) is 5.41 Å². The van der Waals surface area contributed by atoms with E-state index in [9.17, 15) is 0 Å². The molecular formula is C18H28BrNO. The fourth-order valence-corrected chi connectivity index (χ4v) is 3.65. The zero-order valence-corrected chi connectivity index (χ0v) is 15.2. The first-order valence-electron chi connectivity index (χ1n) is 8.11. The van der Waals surface area contributed by atoms with Crippen molar-refractivity contribution < 1.29 is 4.74 Å². The van der Waals surface area contributed by atoms with Crippen LogP contribution in [0.3, 0.4) is 0 Å². The van der Waals surface area contributed by atoms with Gasteiger partial charge in [0, 0.05) is 28.6 Å². The van der Waals surface area contributed by atoms with Gasteiger partial charge < -0.3 is 10.1 Å². The van der Waals surface area contributed by atoms with E-state index >= 15 is 0 Å². The molecule has 1 N–H and O–H groups in total. The predicted octanol–water partition coefficient (Wildman–Crippen LogP) is 4.56. The highest BCUT2D eigenvalue weighted by Crippen LogP contribution is 2.46. The predicted molar refractivity (Wildman–Crippen MR) is 92.7 cm³/mol. The fraction of sp³-hybridized carbons (Fsp3) is 0.667. The summed E-state index contributed by atoms with van der Waals surface area (Å²) in [7, 11) is 0. The smallest absolute Gasteiger partial charge is 0.0658 e. The van der Waals surface area contributed by atoms with Crippen LogP contribution in [-0.4, -0.2) is 24.8 Å². The summed E-state index contributed by atoms with van der Waals surface area (Å²) in [4.78, 5) is 0. The molecule has 0 saturated heterocycles. The van der Waals surface area contributed by atoms with Gasteiger partial charge >= 0.3 is 0 Å². The molecule has 1 aromatic rings. The van der Waals surface area contributed by atoms with Crippen molar-refractivity contribution in [3.63, 3.8) is 0 Å². The molecule has 0 bridgehead atoms. The van der Waals surface area contributed by atoms with Crippen LogP contribution < -0.4 is 5.32 Å². The molecule has 4 atom stereocenters. The highest BCUT2D eigenvalue weighted by molar-refractivity contribution is 9.10. The number of hydrogen-bond acceptors (Lipinski definition) is 2. The summed E-state index contributed by atoms with van der Waals surface area (Å²) in [5, 5.41) is 3.82. The van der Waals surface area contributed by atoms with Crippen LogP contribution in [0.25, 0.3) is 0 Å². The minimum absolute atomic E-state index is 0.282. The van der Waals surface area contributed by atoms with Crippen molar-refractivity contribution in [2.75, 3.05) is 6.61 Å². The molecule has 1 aliphatic rings. The van der Waals surface area contributed by atoms with E-state index in [0.29, 0.717) is 18.2 Å². The Kier molecular flexibility index (Phi) is 5.87. The third-order valence-corrected chi connectivity index (χ3v) is 5.58. The first-order valence-corrected chi connectivity index (χ1v) is 8.91. The topological polar surface area (TPSA) is 21.3 Å². The molecule has 0 heterocycles. The summed E-state index contributed by atoms with van der Waals surface area (Å²) in [6.07, 6.45) is 3.80. The molecule has 1 fully saturated rings. The number of benzene rings is 1. The molecule has 4 unspecified atom stereocenters. The van der Waals surface area contributed by atoms with Crippen LogP contribution in [0.2, 0.25) is 0 Å². The number of halogens is 1. The molecule has 21 heavy (non-hydrogen) atoms. The summed E-state index contributed by atoms with van der Waals surface area (Å²) >= 11 is 3.49. The van der Waals surface area contributed by atoms with Crippen molar-refractivity contribution in [3.8, 4) is 0 Å². The molecule has 1 aliphatic carbocycles. The number of rotatable bonds is 7. The summed E-state index contributed by atoms with van der Waals surface area (Å²) in [6.45, 7) is 9.83. The highest BCUT2D eigenvalue weighted by atomic mass is 79.9. The van der Waals surface area contributed by atoms with Gasteiger partial charge in [0.25, 0.3) is 0 Å². The molecular weight excluding hydrogens is 326 g/mol. The minimum Gasteiger partial charge on any atom is -0.378 e. The first kappa shape index (κ1) is 17.0. The van der Waals surface area contributed by atoms with E-state index in [1.165, 1.54) is 12.0 Å². The van der Waals surface area contributed by atoms with Crippen LogP contribution in [0.15, 0.2) is 28.7 Å². The lowest BCUT2D eigenvalue weighted by Gasteiger charge is -2.54. The van der Waals surface area contributed by atoms with Gasteiger partial charge in [-0.05, 0) is 50.8 Å². The van der Waals surface area contributed by atoms with E-state index in [1.807, 2.05) is 0 Å². The average molecular weight is 354 g/mol. The van der Waals surface area contributed by atoms with Crippen LogP contribution in [0.4, 0.5) is 0 Å². The van der Waals surface area contributed by atoms with E-state index in [0.717, 1.165) is 23.9 Å². The Bertz CT molecular complexity index is 447. The van der Waals surface area contributed by atoms with E-state index in [-0.39, 0.29) is 5.41 Å². The monoisotopic (exact) mass is 353 g/mol. The summed E-state index contributed by atoms with van der Waals surface area (Å²) in [6, 6.07) is 9.70. The lowest BCUT2D eigenvalue weighted by molar-refractivity contribution is -0.127. The van der Waals surface area contributed by atoms with Gasteiger partial charge in [-0.25, -0.2) is 0 Å². The SMILES string of the molecule is CCOC1CC(NC(C)Cc2ccc(Br)cc2)C1(C)CC. The van der Waals surface area contributed by atoms with Gasteiger partial charge in [0.15, 0.2) is 0 Å². The maximum absolute atomic E-state index is 5.88. The number of nitrogens with one attached hydrogen (secondary N) is 1. The maximum atomic E-state index is 5.88. The zero-order chi connectivity index (χ0) is 15.5. The fourth-order valence-electron chi connectivity index (χ4n) is 3.38. The van der Waals surface area contributed by atoms with Crippen molar-refractivity contribution in [3.05, 3.63) is 34.3 Å². The summed E-state index contributed by atoms with van der Waals surface area (Å²) in [5.41, 5.74) is 1.67. The van der Waals surface area contributed by atoms with Gasteiger partial charge in [-0.2, -0.15) is 0 Å². The Morgan fingerprint density at radius 3 is 2.57 bits per heavy atom. The molecule has 0 aromatic heterocycles. The molecule has 0 aliphatic heterocycles. The second-order valence-corrected chi connectivity index (χ2v) is 7.41. The van der Waals surface area contributed by atoms with Gasteiger partial charge in [-0.1, -0.05) is 41.9 Å². The minimum atomic E-state index is 0.282. The number of ether oxygens (including phenoxy) is 1. The molecule has 1 saturated carbocycles. The van der Waals surface area contributed by atoms with E-state index in [2.05, 4.69) is 73.2 Å². The van der Waals surface area contributed by atoms with Crippen molar-refractivity contribution in [1.29, 1.82) is 0 Å². The van der Waals surface area contributed by atoms with Crippen LogP contribution in [0.1, 0.15) is 46.1 Å². The van der Waals surface area contributed by atoms with Gasteiger partial charge in [-0.3, -0.25) is 0 Å². The molecule has 2 rings (SSSR count). The van der Waals surface area contributed by atoms with E-state index in [4.69, 9.17) is 4.74 Å². The van der Waals surface area contributed by atoms with E-state index in [1.54, 1.807) is 0 Å². The molecule has 0 radical (unpaired) electrons. The molecule has 0 spiro atoms. The molecule has 0 amide bonds. The van der Waals surface area contributed by atoms with E-state index < -0.39 is 0 Å². The Morgan fingerprint density at radius 1 is 1.33 bits per heavy atom. The molecule has 118 valence electrons. The Labute approximate surface area is 137 Å². The first-order chi connectivity index (χ1) is 9.99. The Balaban J connectivity index is 1.88.